The molecule has 2 N–H and O–H groups in total. The number of amides is 2. The number of rotatable bonds is 8. The van der Waals surface area contributed by atoms with E-state index in [0.29, 0.717) is 13.2 Å². The Labute approximate surface area is 172 Å². The third-order valence-corrected chi connectivity index (χ3v) is 4.27. The van der Waals surface area contributed by atoms with Crippen LogP contribution in [0.25, 0.3) is 0 Å². The standard InChI is InChI=1S/C21H33N3O5/c1-16(23-20(26)29-21(2,3)4)19(25)22-15-17-6-5-7-18(14-17)28-13-10-24-8-11-27-12-9-24/h5-7,14,16H,8-13,15H2,1-4H3,(H,22,25)(H,23,26). The van der Waals surface area contributed by atoms with Gasteiger partial charge in [-0.05, 0) is 45.4 Å². The molecule has 1 unspecified atom stereocenters. The van der Waals surface area contributed by atoms with Crippen LogP contribution in [0.4, 0.5) is 4.79 Å². The summed E-state index contributed by atoms with van der Waals surface area (Å²) in [6.07, 6.45) is -0.615. The van der Waals surface area contributed by atoms with Gasteiger partial charge in [-0.15, -0.1) is 0 Å². The van der Waals surface area contributed by atoms with E-state index in [-0.39, 0.29) is 5.91 Å². The molecule has 0 spiro atoms. The molecule has 0 bridgehead atoms. The Morgan fingerprint density at radius 3 is 2.66 bits per heavy atom. The van der Waals surface area contributed by atoms with Crippen molar-refractivity contribution in [3.63, 3.8) is 0 Å². The number of hydrogen-bond donors (Lipinski definition) is 2. The Hall–Kier alpha value is -2.32. The molecule has 1 fully saturated rings. The van der Waals surface area contributed by atoms with E-state index in [1.807, 2.05) is 24.3 Å². The first-order chi connectivity index (χ1) is 13.7. The predicted octanol–water partition coefficient (Wildman–Crippen LogP) is 1.93. The number of nitrogens with zero attached hydrogens (tertiary/aromatic N) is 1. The van der Waals surface area contributed by atoms with Crippen molar-refractivity contribution in [2.24, 2.45) is 0 Å². The first-order valence-corrected chi connectivity index (χ1v) is 10.0. The van der Waals surface area contributed by atoms with Crippen molar-refractivity contribution in [2.75, 3.05) is 39.5 Å². The third kappa shape index (κ3) is 9.15. The van der Waals surface area contributed by atoms with Gasteiger partial charge in [0.2, 0.25) is 5.91 Å². The van der Waals surface area contributed by atoms with Crippen LogP contribution in [0.1, 0.15) is 33.3 Å². The van der Waals surface area contributed by atoms with E-state index in [2.05, 4.69) is 15.5 Å². The molecular formula is C21H33N3O5. The van der Waals surface area contributed by atoms with Crippen molar-refractivity contribution in [3.8, 4) is 5.75 Å². The van der Waals surface area contributed by atoms with E-state index >= 15 is 0 Å². The molecule has 0 aromatic heterocycles. The Morgan fingerprint density at radius 2 is 1.97 bits per heavy atom. The molecule has 1 aromatic carbocycles. The van der Waals surface area contributed by atoms with Gasteiger partial charge in [0.1, 0.15) is 24.0 Å². The van der Waals surface area contributed by atoms with Crippen LogP contribution in [0, 0.1) is 0 Å². The molecule has 8 heteroatoms. The number of ether oxygens (including phenoxy) is 3. The molecular weight excluding hydrogens is 374 g/mol. The summed E-state index contributed by atoms with van der Waals surface area (Å²) >= 11 is 0. The zero-order valence-electron chi connectivity index (χ0n) is 17.8. The van der Waals surface area contributed by atoms with Crippen LogP contribution in [-0.2, 0) is 20.8 Å². The summed E-state index contributed by atoms with van der Waals surface area (Å²) in [6.45, 7) is 12.2. The quantitative estimate of drug-likeness (QED) is 0.685. The summed E-state index contributed by atoms with van der Waals surface area (Å²) in [7, 11) is 0. The van der Waals surface area contributed by atoms with E-state index in [4.69, 9.17) is 14.2 Å². The second-order valence-electron chi connectivity index (χ2n) is 8.04. The van der Waals surface area contributed by atoms with Gasteiger partial charge in [-0.25, -0.2) is 4.79 Å². The smallest absolute Gasteiger partial charge is 0.408 e. The lowest BCUT2D eigenvalue weighted by molar-refractivity contribution is -0.122. The van der Waals surface area contributed by atoms with Crippen molar-refractivity contribution in [1.82, 2.24) is 15.5 Å². The highest BCUT2D eigenvalue weighted by Gasteiger charge is 2.20. The average Bonchev–Trinajstić information content (AvgIpc) is 2.65. The Balaban J connectivity index is 1.73. The molecule has 29 heavy (non-hydrogen) atoms. The largest absolute Gasteiger partial charge is 0.492 e. The fourth-order valence-electron chi connectivity index (χ4n) is 2.75. The fourth-order valence-corrected chi connectivity index (χ4v) is 2.75. The van der Waals surface area contributed by atoms with E-state index < -0.39 is 17.7 Å². The molecule has 8 nitrogen and oxygen atoms in total. The highest BCUT2D eigenvalue weighted by Crippen LogP contribution is 2.13. The Morgan fingerprint density at radius 1 is 1.24 bits per heavy atom. The van der Waals surface area contributed by atoms with Crippen molar-refractivity contribution in [2.45, 2.75) is 45.9 Å². The van der Waals surface area contributed by atoms with Crippen molar-refractivity contribution >= 4 is 12.0 Å². The van der Waals surface area contributed by atoms with Gasteiger partial charge in [-0.2, -0.15) is 0 Å². The highest BCUT2D eigenvalue weighted by atomic mass is 16.6. The van der Waals surface area contributed by atoms with Crippen LogP contribution in [0.2, 0.25) is 0 Å². The molecule has 0 aliphatic carbocycles. The van der Waals surface area contributed by atoms with E-state index in [9.17, 15) is 9.59 Å². The lowest BCUT2D eigenvalue weighted by Crippen LogP contribution is -2.46. The van der Waals surface area contributed by atoms with E-state index in [1.54, 1.807) is 27.7 Å². The number of morpholine rings is 1. The summed E-state index contributed by atoms with van der Waals surface area (Å²) in [4.78, 5) is 26.3. The molecule has 2 rings (SSSR count). The first-order valence-electron chi connectivity index (χ1n) is 10.0. The minimum atomic E-state index is -0.696. The van der Waals surface area contributed by atoms with Gasteiger partial charge in [-0.1, -0.05) is 12.1 Å². The van der Waals surface area contributed by atoms with Crippen LogP contribution in [0.15, 0.2) is 24.3 Å². The zero-order valence-corrected chi connectivity index (χ0v) is 17.8. The Kier molecular flexibility index (Phi) is 8.72. The highest BCUT2D eigenvalue weighted by molar-refractivity contribution is 5.85. The second kappa shape index (κ2) is 11.0. The van der Waals surface area contributed by atoms with Crippen LogP contribution < -0.4 is 15.4 Å². The average molecular weight is 408 g/mol. The minimum absolute atomic E-state index is 0.283. The molecule has 162 valence electrons. The lowest BCUT2D eigenvalue weighted by atomic mass is 10.2. The van der Waals surface area contributed by atoms with Crippen molar-refractivity contribution < 1.29 is 23.8 Å². The number of nitrogens with one attached hydrogen (secondary N) is 2. The molecule has 1 aliphatic heterocycles. The number of carbonyl (C=O) groups excluding carboxylic acids is 2. The molecule has 1 atom stereocenters. The molecule has 1 saturated heterocycles. The Bertz CT molecular complexity index is 669. The number of carbonyl (C=O) groups is 2. The molecule has 1 aromatic rings. The summed E-state index contributed by atoms with van der Waals surface area (Å²) in [6, 6.07) is 6.93. The van der Waals surface area contributed by atoms with Crippen molar-refractivity contribution in [1.29, 1.82) is 0 Å². The summed E-state index contributed by atoms with van der Waals surface area (Å²) < 4.78 is 16.3. The van der Waals surface area contributed by atoms with Crippen LogP contribution in [-0.4, -0.2) is 68.0 Å². The predicted molar refractivity (Wildman–Crippen MR) is 110 cm³/mol. The minimum Gasteiger partial charge on any atom is -0.492 e. The number of alkyl carbamates (subject to hydrolysis) is 1. The second-order valence-corrected chi connectivity index (χ2v) is 8.04. The van der Waals surface area contributed by atoms with Crippen LogP contribution in [0.5, 0.6) is 5.75 Å². The SMILES string of the molecule is CC(NC(=O)OC(C)(C)C)C(=O)NCc1cccc(OCCN2CCOCC2)c1. The maximum absolute atomic E-state index is 12.2. The third-order valence-electron chi connectivity index (χ3n) is 4.27. The maximum Gasteiger partial charge on any atom is 0.408 e. The molecule has 2 amide bonds. The van der Waals surface area contributed by atoms with Crippen LogP contribution in [0.3, 0.4) is 0 Å². The molecule has 1 heterocycles. The summed E-state index contributed by atoms with van der Waals surface area (Å²) in [5.41, 5.74) is 0.314. The number of benzene rings is 1. The van der Waals surface area contributed by atoms with Crippen molar-refractivity contribution in [3.05, 3.63) is 29.8 Å². The topological polar surface area (TPSA) is 89.1 Å². The van der Waals surface area contributed by atoms with Gasteiger partial charge in [0.25, 0.3) is 0 Å². The van der Waals surface area contributed by atoms with Gasteiger partial charge in [0, 0.05) is 26.2 Å². The maximum atomic E-state index is 12.2. The fraction of sp³-hybridized carbons (Fsp3) is 0.619. The number of hydrogen-bond acceptors (Lipinski definition) is 6. The lowest BCUT2D eigenvalue weighted by Gasteiger charge is -2.26. The van der Waals surface area contributed by atoms with E-state index in [1.165, 1.54) is 0 Å². The van der Waals surface area contributed by atoms with Gasteiger partial charge in [0.05, 0.1) is 13.2 Å². The van der Waals surface area contributed by atoms with Crippen LogP contribution >= 0.6 is 0 Å². The van der Waals surface area contributed by atoms with Gasteiger partial charge in [0.15, 0.2) is 0 Å². The van der Waals surface area contributed by atoms with Gasteiger partial charge in [-0.3, -0.25) is 9.69 Å². The van der Waals surface area contributed by atoms with E-state index in [0.717, 1.165) is 44.2 Å². The molecule has 0 radical (unpaired) electrons. The monoisotopic (exact) mass is 407 g/mol. The molecule has 0 saturated carbocycles. The normalized spacial score (nSPS) is 16.0. The molecule has 1 aliphatic rings. The zero-order chi connectivity index (χ0) is 21.3. The van der Waals surface area contributed by atoms with Gasteiger partial charge >= 0.3 is 6.09 Å². The first kappa shape index (κ1) is 23.0. The van der Waals surface area contributed by atoms with Gasteiger partial charge < -0.3 is 24.8 Å². The summed E-state index contributed by atoms with van der Waals surface area (Å²) in [5, 5.41) is 5.35. The summed E-state index contributed by atoms with van der Waals surface area (Å²) in [5.74, 6) is 0.486.